The number of carbonyl (C=O) groups is 2. The Morgan fingerprint density at radius 2 is 1.97 bits per heavy atom. The molecule has 0 aliphatic carbocycles. The van der Waals surface area contributed by atoms with Gasteiger partial charge >= 0.3 is 13.7 Å². The average Bonchev–Trinajstić information content (AvgIpc) is 3.27. The van der Waals surface area contributed by atoms with Gasteiger partial charge in [-0.05, 0) is 13.3 Å². The van der Waals surface area contributed by atoms with Gasteiger partial charge in [0.15, 0.2) is 16.3 Å². The number of aryl methyl sites for hydroxylation is 1. The van der Waals surface area contributed by atoms with Gasteiger partial charge < -0.3 is 24.5 Å². The van der Waals surface area contributed by atoms with E-state index >= 15 is 0 Å². The zero-order valence-corrected chi connectivity index (χ0v) is 24.3. The van der Waals surface area contributed by atoms with Gasteiger partial charge in [-0.25, -0.2) is 14.6 Å². The predicted molar refractivity (Wildman–Crippen MR) is 143 cm³/mol. The number of nitrogen functional groups attached to an aromatic ring is 1. The molecule has 0 bridgehead atoms. The summed E-state index contributed by atoms with van der Waals surface area (Å²) in [5.74, 6) is -0.0129. The molecular formula is C22H37N6O8PS. The molecule has 14 nitrogen and oxygen atoms in total. The number of fused-ring (bicyclic) bond motifs is 1. The summed E-state index contributed by atoms with van der Waals surface area (Å²) < 4.78 is 41.7. The highest BCUT2D eigenvalue weighted by atomic mass is 32.2. The first-order valence-electron chi connectivity index (χ1n) is 11.9. The largest absolute Gasteiger partial charge is 0.476 e. The fraction of sp³-hybridized carbons (Fsp3) is 0.682. The van der Waals surface area contributed by atoms with Crippen LogP contribution in [0.5, 0.6) is 5.88 Å². The van der Waals surface area contributed by atoms with Crippen LogP contribution < -0.4 is 15.6 Å². The van der Waals surface area contributed by atoms with Crippen LogP contribution in [0.15, 0.2) is 6.33 Å². The van der Waals surface area contributed by atoms with E-state index in [4.69, 9.17) is 24.3 Å². The van der Waals surface area contributed by atoms with Crippen LogP contribution in [0, 0.1) is 5.41 Å². The van der Waals surface area contributed by atoms with E-state index in [9.17, 15) is 14.2 Å². The van der Waals surface area contributed by atoms with E-state index < -0.39 is 25.2 Å². The molecule has 0 aliphatic heterocycles. The Morgan fingerprint density at radius 1 is 1.24 bits per heavy atom. The molecule has 0 amide bonds. The number of carbonyl (C=O) groups excluding carboxylic acids is 2. The third-order valence-corrected chi connectivity index (χ3v) is 7.82. The Balaban J connectivity index is 2.00. The van der Waals surface area contributed by atoms with E-state index in [1.54, 1.807) is 10.9 Å². The molecule has 3 N–H and O–H groups in total. The Bertz CT molecular complexity index is 1130. The van der Waals surface area contributed by atoms with Crippen LogP contribution in [0.4, 0.5) is 5.95 Å². The highest BCUT2D eigenvalue weighted by Gasteiger charge is 2.28. The molecule has 0 saturated heterocycles. The lowest BCUT2D eigenvalue weighted by Crippen LogP contribution is -2.27. The van der Waals surface area contributed by atoms with Crippen molar-refractivity contribution < 1.29 is 37.4 Å². The average molecular weight is 577 g/mol. The highest BCUT2D eigenvalue weighted by Crippen LogP contribution is 2.44. The van der Waals surface area contributed by atoms with Crippen molar-refractivity contribution in [2.75, 3.05) is 52.1 Å². The van der Waals surface area contributed by atoms with Crippen molar-refractivity contribution in [3.05, 3.63) is 6.33 Å². The number of nitrogens with one attached hydrogen (secondary N) is 1. The molecule has 2 aromatic rings. The maximum atomic E-state index is 13.3. The maximum Gasteiger partial charge on any atom is 0.406 e. The van der Waals surface area contributed by atoms with E-state index in [0.29, 0.717) is 36.6 Å². The summed E-state index contributed by atoms with van der Waals surface area (Å²) in [6.45, 7) is 7.56. The van der Waals surface area contributed by atoms with E-state index in [-0.39, 0.29) is 36.6 Å². The van der Waals surface area contributed by atoms with Gasteiger partial charge in [0, 0.05) is 24.8 Å². The third kappa shape index (κ3) is 9.79. The van der Waals surface area contributed by atoms with Crippen molar-refractivity contribution in [3.63, 3.8) is 0 Å². The molecule has 2 unspecified atom stereocenters. The Hall–Kier alpha value is -2.29. The van der Waals surface area contributed by atoms with E-state index in [1.807, 2.05) is 27.7 Å². The van der Waals surface area contributed by atoms with Gasteiger partial charge in [0.25, 0.3) is 0 Å². The van der Waals surface area contributed by atoms with Gasteiger partial charge in [-0.1, -0.05) is 32.5 Å². The predicted octanol–water partition coefficient (Wildman–Crippen LogP) is 2.42. The molecule has 0 fully saturated rings. The topological polar surface area (TPSA) is 179 Å². The van der Waals surface area contributed by atoms with E-state index in [1.165, 1.54) is 14.2 Å². The summed E-state index contributed by atoms with van der Waals surface area (Å²) in [5.41, 5.74) is 6.30. The van der Waals surface area contributed by atoms with Crippen LogP contribution in [0.2, 0.25) is 0 Å². The van der Waals surface area contributed by atoms with Crippen molar-refractivity contribution in [1.29, 1.82) is 0 Å². The lowest BCUT2D eigenvalue weighted by atomic mass is 10.00. The number of thioether (sulfide) groups is 1. The fourth-order valence-corrected chi connectivity index (χ4v) is 5.12. The first-order chi connectivity index (χ1) is 17.9. The maximum absolute atomic E-state index is 13.3. The van der Waals surface area contributed by atoms with Crippen molar-refractivity contribution in [3.8, 4) is 5.88 Å². The number of hydrogen-bond donors (Lipinski definition) is 2. The minimum Gasteiger partial charge on any atom is -0.476 e. The minimum absolute atomic E-state index is 0.0220. The normalized spacial score (nSPS) is 14.3. The zero-order valence-electron chi connectivity index (χ0n) is 22.6. The Morgan fingerprint density at radius 3 is 2.61 bits per heavy atom. The fourth-order valence-electron chi connectivity index (χ4n) is 2.94. The van der Waals surface area contributed by atoms with Gasteiger partial charge in [0.1, 0.15) is 6.54 Å². The Kier molecular flexibility index (Phi) is 12.4. The van der Waals surface area contributed by atoms with Gasteiger partial charge in [0.2, 0.25) is 11.8 Å². The number of aromatic nitrogens is 4. The first kappa shape index (κ1) is 31.9. The minimum atomic E-state index is -3.93. The monoisotopic (exact) mass is 576 g/mol. The molecule has 0 saturated carbocycles. The number of hydrogen-bond acceptors (Lipinski definition) is 13. The number of methoxy groups -OCH3 is 2. The van der Waals surface area contributed by atoms with E-state index in [2.05, 4.69) is 24.8 Å². The quantitative estimate of drug-likeness (QED) is 0.169. The second-order valence-corrected chi connectivity index (χ2v) is 11.9. The summed E-state index contributed by atoms with van der Waals surface area (Å²) in [6, 6.07) is 0. The molecule has 0 spiro atoms. The number of ether oxygens (including phenoxy) is 3. The molecule has 2 atom stereocenters. The number of nitrogens with zero attached hydrogens (tertiary/aromatic N) is 4. The Labute approximate surface area is 226 Å². The van der Waals surface area contributed by atoms with Gasteiger partial charge in [-0.3, -0.25) is 18.6 Å². The summed E-state index contributed by atoms with van der Waals surface area (Å²) in [6.07, 6.45) is 1.53. The summed E-state index contributed by atoms with van der Waals surface area (Å²) in [7, 11) is -1.22. The molecule has 2 heterocycles. The van der Waals surface area contributed by atoms with Crippen LogP contribution in [0.1, 0.15) is 34.1 Å². The molecule has 16 heteroatoms. The second kappa shape index (κ2) is 14.8. The smallest absolute Gasteiger partial charge is 0.406 e. The zero-order chi connectivity index (χ0) is 28.3. The van der Waals surface area contributed by atoms with Crippen LogP contribution in [-0.4, -0.2) is 83.0 Å². The van der Waals surface area contributed by atoms with Gasteiger partial charge in [-0.15, -0.1) is 0 Å². The molecule has 0 aliphatic rings. The lowest BCUT2D eigenvalue weighted by molar-refractivity contribution is -0.139. The molecule has 0 aromatic carbocycles. The highest BCUT2D eigenvalue weighted by molar-refractivity contribution is 8.13. The number of esters is 1. The van der Waals surface area contributed by atoms with Crippen LogP contribution >= 0.6 is 19.5 Å². The molecule has 214 valence electrons. The summed E-state index contributed by atoms with van der Waals surface area (Å²) in [5, 5.41) is 2.47. The van der Waals surface area contributed by atoms with Crippen LogP contribution in [-0.2, 0) is 39.2 Å². The van der Waals surface area contributed by atoms with Crippen LogP contribution in [0.25, 0.3) is 11.2 Å². The second-order valence-electron chi connectivity index (χ2n) is 9.00. The van der Waals surface area contributed by atoms with Crippen molar-refractivity contribution in [2.45, 2.75) is 46.8 Å². The standard InChI is InChI=1S/C22H37N6O8PS/c1-7-34-19-17-18(26-21(23)27-19)28(14-24-17)9-8-15(32-5)13-36-37(31,25-12-16(29)33-6)35-10-11-38-20(30)22(2,3)4/h14-15H,7-13H2,1-6H3,(H,25,31)(H2,23,26,27). The molecule has 0 radical (unpaired) electrons. The first-order valence-corrected chi connectivity index (χ1v) is 14.5. The van der Waals surface area contributed by atoms with E-state index in [0.717, 1.165) is 11.8 Å². The SMILES string of the molecule is CCOc1nc(N)nc2c1ncn2CCC(COP(=O)(NCC(=O)OC)OCCSC(=O)C(C)(C)C)OC. The van der Waals surface area contributed by atoms with Crippen molar-refractivity contribution >= 4 is 47.7 Å². The molecule has 2 rings (SSSR count). The lowest BCUT2D eigenvalue weighted by Gasteiger charge is -2.22. The third-order valence-electron chi connectivity index (χ3n) is 5.02. The number of nitrogens with two attached hydrogens (primary N) is 1. The van der Waals surface area contributed by atoms with Gasteiger partial charge in [0.05, 0.1) is 39.4 Å². The molecule has 38 heavy (non-hydrogen) atoms. The number of imidazole rings is 1. The summed E-state index contributed by atoms with van der Waals surface area (Å²) >= 11 is 1.07. The number of rotatable bonds is 16. The molecular weight excluding hydrogens is 539 g/mol. The molecule has 2 aromatic heterocycles. The number of anilines is 1. The van der Waals surface area contributed by atoms with Gasteiger partial charge in [-0.2, -0.15) is 9.97 Å². The van der Waals surface area contributed by atoms with Crippen molar-refractivity contribution in [1.82, 2.24) is 24.6 Å². The van der Waals surface area contributed by atoms with Crippen molar-refractivity contribution in [2.24, 2.45) is 5.41 Å². The van der Waals surface area contributed by atoms with Crippen LogP contribution in [0.3, 0.4) is 0 Å². The summed E-state index contributed by atoms with van der Waals surface area (Å²) in [4.78, 5) is 36.4.